The topological polar surface area (TPSA) is 50.4 Å². The van der Waals surface area contributed by atoms with E-state index in [-0.39, 0.29) is 11.9 Å². The molecule has 0 bridgehead atoms. The Bertz CT molecular complexity index is 430. The van der Waals surface area contributed by atoms with Gasteiger partial charge in [-0.05, 0) is 45.9 Å². The van der Waals surface area contributed by atoms with Crippen LogP contribution in [-0.2, 0) is 11.2 Å². The number of nitrogens with one attached hydrogen (secondary N) is 2. The predicted molar refractivity (Wildman–Crippen MR) is 77.4 cm³/mol. The standard InChI is InChI=1S/C15H24N2O2/c1-11(17-14(18)15(2,3)16-4)10-12-8-6-7-9-13(12)19-5/h6-9,11,16H,10H2,1-5H3,(H,17,18). The summed E-state index contributed by atoms with van der Waals surface area (Å²) in [5.41, 5.74) is 0.537. The number of ether oxygens (including phenoxy) is 1. The van der Waals surface area contributed by atoms with E-state index in [1.165, 1.54) is 0 Å². The molecule has 19 heavy (non-hydrogen) atoms. The van der Waals surface area contributed by atoms with E-state index < -0.39 is 5.54 Å². The van der Waals surface area contributed by atoms with Crippen LogP contribution in [0.3, 0.4) is 0 Å². The molecule has 0 aliphatic rings. The summed E-state index contributed by atoms with van der Waals surface area (Å²) in [6, 6.07) is 7.92. The molecule has 1 atom stereocenters. The minimum Gasteiger partial charge on any atom is -0.496 e. The van der Waals surface area contributed by atoms with Crippen molar-refractivity contribution in [2.75, 3.05) is 14.2 Å². The zero-order valence-corrected chi connectivity index (χ0v) is 12.4. The van der Waals surface area contributed by atoms with E-state index in [2.05, 4.69) is 10.6 Å². The van der Waals surface area contributed by atoms with Gasteiger partial charge in [-0.3, -0.25) is 4.79 Å². The SMILES string of the molecule is CNC(C)(C)C(=O)NC(C)Cc1ccccc1OC. The normalized spacial score (nSPS) is 12.9. The lowest BCUT2D eigenvalue weighted by Crippen LogP contribution is -2.53. The molecule has 0 spiro atoms. The third kappa shape index (κ3) is 4.24. The third-order valence-electron chi connectivity index (χ3n) is 3.29. The minimum absolute atomic E-state index is 0.00241. The van der Waals surface area contributed by atoms with Crippen LogP contribution in [0.2, 0.25) is 0 Å². The fourth-order valence-electron chi connectivity index (χ4n) is 1.77. The summed E-state index contributed by atoms with van der Waals surface area (Å²) in [7, 11) is 3.44. The Balaban J connectivity index is 2.65. The number of carbonyl (C=O) groups excluding carboxylic acids is 1. The van der Waals surface area contributed by atoms with Crippen LogP contribution in [0, 0.1) is 0 Å². The molecule has 1 aromatic carbocycles. The van der Waals surface area contributed by atoms with Crippen molar-refractivity contribution in [3.05, 3.63) is 29.8 Å². The quantitative estimate of drug-likeness (QED) is 0.823. The van der Waals surface area contributed by atoms with Gasteiger partial charge in [0.15, 0.2) is 0 Å². The number of amides is 1. The maximum absolute atomic E-state index is 12.0. The van der Waals surface area contributed by atoms with Crippen LogP contribution in [0.15, 0.2) is 24.3 Å². The molecular weight excluding hydrogens is 240 g/mol. The number of hydrogen-bond acceptors (Lipinski definition) is 3. The third-order valence-corrected chi connectivity index (χ3v) is 3.29. The Morgan fingerprint density at radius 3 is 2.58 bits per heavy atom. The number of hydrogen-bond donors (Lipinski definition) is 2. The van der Waals surface area contributed by atoms with Crippen LogP contribution < -0.4 is 15.4 Å². The molecule has 4 nitrogen and oxygen atoms in total. The lowest BCUT2D eigenvalue weighted by molar-refractivity contribution is -0.126. The smallest absolute Gasteiger partial charge is 0.239 e. The second-order valence-electron chi connectivity index (χ2n) is 5.27. The monoisotopic (exact) mass is 264 g/mol. The van der Waals surface area contributed by atoms with Gasteiger partial charge in [0.05, 0.1) is 12.6 Å². The highest BCUT2D eigenvalue weighted by Crippen LogP contribution is 2.19. The Labute approximate surface area is 115 Å². The molecule has 0 saturated heterocycles. The molecule has 0 radical (unpaired) electrons. The van der Waals surface area contributed by atoms with Gasteiger partial charge in [0, 0.05) is 6.04 Å². The van der Waals surface area contributed by atoms with Gasteiger partial charge in [-0.2, -0.15) is 0 Å². The van der Waals surface area contributed by atoms with Crippen LogP contribution >= 0.6 is 0 Å². The number of likely N-dealkylation sites (N-methyl/N-ethyl adjacent to an activating group) is 1. The first-order valence-corrected chi connectivity index (χ1v) is 6.52. The van der Waals surface area contributed by atoms with Gasteiger partial charge in [0.25, 0.3) is 0 Å². The molecule has 4 heteroatoms. The fraction of sp³-hybridized carbons (Fsp3) is 0.533. The first kappa shape index (κ1) is 15.5. The van der Waals surface area contributed by atoms with Gasteiger partial charge in [0.1, 0.15) is 5.75 Å². The van der Waals surface area contributed by atoms with Crippen LogP contribution in [0.4, 0.5) is 0 Å². The lowest BCUT2D eigenvalue weighted by atomic mass is 10.0. The fourth-order valence-corrected chi connectivity index (χ4v) is 1.77. The number of benzene rings is 1. The molecule has 0 saturated carbocycles. The van der Waals surface area contributed by atoms with E-state index >= 15 is 0 Å². The molecule has 0 aliphatic heterocycles. The summed E-state index contributed by atoms with van der Waals surface area (Å²) in [6.45, 7) is 5.71. The molecule has 106 valence electrons. The average molecular weight is 264 g/mol. The summed E-state index contributed by atoms with van der Waals surface area (Å²) >= 11 is 0. The minimum atomic E-state index is -0.560. The van der Waals surface area contributed by atoms with Crippen molar-refractivity contribution in [2.24, 2.45) is 0 Å². The second kappa shape index (κ2) is 6.57. The Morgan fingerprint density at radius 2 is 2.00 bits per heavy atom. The maximum atomic E-state index is 12.0. The number of methoxy groups -OCH3 is 1. The molecule has 1 rings (SSSR count). The molecule has 1 unspecified atom stereocenters. The summed E-state index contributed by atoms with van der Waals surface area (Å²) in [5, 5.41) is 6.01. The summed E-state index contributed by atoms with van der Waals surface area (Å²) in [6.07, 6.45) is 0.746. The number of carbonyl (C=O) groups is 1. The highest BCUT2D eigenvalue weighted by molar-refractivity contribution is 5.85. The first-order valence-electron chi connectivity index (χ1n) is 6.52. The van der Waals surface area contributed by atoms with E-state index in [0.29, 0.717) is 0 Å². The van der Waals surface area contributed by atoms with Gasteiger partial charge in [-0.25, -0.2) is 0 Å². The second-order valence-corrected chi connectivity index (χ2v) is 5.27. The molecule has 2 N–H and O–H groups in total. The van der Waals surface area contributed by atoms with Gasteiger partial charge < -0.3 is 15.4 Å². The summed E-state index contributed by atoms with van der Waals surface area (Å²) < 4.78 is 5.31. The molecule has 0 aliphatic carbocycles. The zero-order chi connectivity index (χ0) is 14.5. The average Bonchev–Trinajstić information content (AvgIpc) is 2.39. The molecule has 0 aromatic heterocycles. The Morgan fingerprint density at radius 1 is 1.37 bits per heavy atom. The van der Waals surface area contributed by atoms with Gasteiger partial charge in [-0.15, -0.1) is 0 Å². The van der Waals surface area contributed by atoms with Crippen LogP contribution in [-0.4, -0.2) is 31.6 Å². The van der Waals surface area contributed by atoms with Crippen molar-refractivity contribution in [2.45, 2.75) is 38.8 Å². The van der Waals surface area contributed by atoms with Crippen LogP contribution in [0.1, 0.15) is 26.3 Å². The van der Waals surface area contributed by atoms with Gasteiger partial charge in [-0.1, -0.05) is 18.2 Å². The van der Waals surface area contributed by atoms with Crippen molar-refractivity contribution in [1.82, 2.24) is 10.6 Å². The van der Waals surface area contributed by atoms with E-state index in [1.54, 1.807) is 14.2 Å². The molecular formula is C15H24N2O2. The molecule has 1 amide bonds. The molecule has 0 fully saturated rings. The van der Waals surface area contributed by atoms with Crippen LogP contribution in [0.5, 0.6) is 5.75 Å². The predicted octanol–water partition coefficient (Wildman–Crippen LogP) is 1.74. The van der Waals surface area contributed by atoms with Gasteiger partial charge >= 0.3 is 0 Å². The lowest BCUT2D eigenvalue weighted by Gasteiger charge is -2.25. The van der Waals surface area contributed by atoms with E-state index in [9.17, 15) is 4.79 Å². The summed E-state index contributed by atoms with van der Waals surface area (Å²) in [5.74, 6) is 0.855. The van der Waals surface area contributed by atoms with Crippen LogP contribution in [0.25, 0.3) is 0 Å². The highest BCUT2D eigenvalue weighted by atomic mass is 16.5. The van der Waals surface area contributed by atoms with Crippen molar-refractivity contribution < 1.29 is 9.53 Å². The largest absolute Gasteiger partial charge is 0.496 e. The number of rotatable bonds is 6. The highest BCUT2D eigenvalue weighted by Gasteiger charge is 2.26. The zero-order valence-electron chi connectivity index (χ0n) is 12.4. The van der Waals surface area contributed by atoms with Crippen molar-refractivity contribution in [3.63, 3.8) is 0 Å². The van der Waals surface area contributed by atoms with E-state index in [0.717, 1.165) is 17.7 Å². The molecule has 0 heterocycles. The van der Waals surface area contributed by atoms with E-state index in [1.807, 2.05) is 45.0 Å². The van der Waals surface area contributed by atoms with Crippen molar-refractivity contribution in [3.8, 4) is 5.75 Å². The maximum Gasteiger partial charge on any atom is 0.239 e. The first-order chi connectivity index (χ1) is 8.90. The van der Waals surface area contributed by atoms with Gasteiger partial charge in [0.2, 0.25) is 5.91 Å². The molecule has 1 aromatic rings. The van der Waals surface area contributed by atoms with E-state index in [4.69, 9.17) is 4.74 Å². The Kier molecular flexibility index (Phi) is 5.36. The number of para-hydroxylation sites is 1. The Hall–Kier alpha value is -1.55. The van der Waals surface area contributed by atoms with Crippen molar-refractivity contribution >= 4 is 5.91 Å². The summed E-state index contributed by atoms with van der Waals surface area (Å²) in [4.78, 5) is 12.0. The van der Waals surface area contributed by atoms with Crippen molar-refractivity contribution in [1.29, 1.82) is 0 Å².